The lowest BCUT2D eigenvalue weighted by Gasteiger charge is -2.29. The minimum atomic E-state index is 0.614. The van der Waals surface area contributed by atoms with Crippen LogP contribution in [0, 0.1) is 12.8 Å². The highest BCUT2D eigenvalue weighted by molar-refractivity contribution is 9.10. The van der Waals surface area contributed by atoms with Crippen molar-refractivity contribution in [2.45, 2.75) is 39.7 Å². The summed E-state index contributed by atoms with van der Waals surface area (Å²) in [5, 5.41) is 3.58. The number of nitrogens with zero attached hydrogens (tertiary/aromatic N) is 2. The highest BCUT2D eigenvalue weighted by Gasteiger charge is 2.20. The van der Waals surface area contributed by atoms with Gasteiger partial charge in [0.05, 0.1) is 0 Å². The number of rotatable bonds is 5. The SMILES string of the molecule is Cc1cc(Br)cnc1N(CC(C)C)CC1CCCN1. The van der Waals surface area contributed by atoms with Gasteiger partial charge in [-0.05, 0) is 59.8 Å². The number of aromatic nitrogens is 1. The Labute approximate surface area is 124 Å². The fourth-order valence-corrected chi connectivity index (χ4v) is 3.18. The summed E-state index contributed by atoms with van der Waals surface area (Å²) in [5.41, 5.74) is 1.24. The van der Waals surface area contributed by atoms with Crippen LogP contribution in [0.15, 0.2) is 16.7 Å². The monoisotopic (exact) mass is 325 g/mol. The molecule has 1 N–H and O–H groups in total. The van der Waals surface area contributed by atoms with E-state index in [1.807, 2.05) is 6.20 Å². The maximum Gasteiger partial charge on any atom is 0.131 e. The predicted molar refractivity (Wildman–Crippen MR) is 84.7 cm³/mol. The molecule has 1 aromatic heterocycles. The molecule has 2 heterocycles. The fourth-order valence-electron chi connectivity index (χ4n) is 2.73. The largest absolute Gasteiger partial charge is 0.355 e. The number of hydrogen-bond donors (Lipinski definition) is 1. The second kappa shape index (κ2) is 6.71. The van der Waals surface area contributed by atoms with Crippen molar-refractivity contribution in [1.82, 2.24) is 10.3 Å². The van der Waals surface area contributed by atoms with Gasteiger partial charge in [0.2, 0.25) is 0 Å². The van der Waals surface area contributed by atoms with Crippen molar-refractivity contribution in [2.75, 3.05) is 24.5 Å². The van der Waals surface area contributed by atoms with Gasteiger partial charge in [-0.25, -0.2) is 4.98 Å². The molecular formula is C15H24BrN3. The third-order valence-electron chi connectivity index (χ3n) is 3.51. The van der Waals surface area contributed by atoms with Gasteiger partial charge < -0.3 is 10.2 Å². The molecule has 1 saturated heterocycles. The Morgan fingerprint density at radius 2 is 2.32 bits per heavy atom. The van der Waals surface area contributed by atoms with Crippen LogP contribution in [0.2, 0.25) is 0 Å². The third kappa shape index (κ3) is 4.18. The lowest BCUT2D eigenvalue weighted by Crippen LogP contribution is -2.40. The van der Waals surface area contributed by atoms with E-state index in [9.17, 15) is 0 Å². The topological polar surface area (TPSA) is 28.2 Å². The zero-order valence-corrected chi connectivity index (χ0v) is 13.7. The van der Waals surface area contributed by atoms with Gasteiger partial charge >= 0.3 is 0 Å². The minimum Gasteiger partial charge on any atom is -0.355 e. The Bertz CT molecular complexity index is 414. The highest BCUT2D eigenvalue weighted by atomic mass is 79.9. The van der Waals surface area contributed by atoms with Gasteiger partial charge in [0.1, 0.15) is 5.82 Å². The smallest absolute Gasteiger partial charge is 0.131 e. The summed E-state index contributed by atoms with van der Waals surface area (Å²) in [4.78, 5) is 7.06. The normalized spacial score (nSPS) is 19.1. The van der Waals surface area contributed by atoms with Crippen LogP contribution in [0.5, 0.6) is 0 Å². The molecule has 1 aromatic rings. The second-order valence-electron chi connectivity index (χ2n) is 5.89. The number of halogens is 1. The summed E-state index contributed by atoms with van der Waals surface area (Å²) in [5.74, 6) is 1.77. The zero-order chi connectivity index (χ0) is 13.8. The van der Waals surface area contributed by atoms with E-state index in [2.05, 4.69) is 58.0 Å². The van der Waals surface area contributed by atoms with Crippen LogP contribution < -0.4 is 10.2 Å². The van der Waals surface area contributed by atoms with Gasteiger partial charge in [-0.15, -0.1) is 0 Å². The number of pyridine rings is 1. The summed E-state index contributed by atoms with van der Waals surface area (Å²) in [6.07, 6.45) is 4.48. The first kappa shape index (κ1) is 14.8. The van der Waals surface area contributed by atoms with Crippen LogP contribution in [-0.2, 0) is 0 Å². The van der Waals surface area contributed by atoms with Crippen LogP contribution in [0.1, 0.15) is 32.3 Å². The average molecular weight is 326 g/mol. The maximum atomic E-state index is 4.62. The van der Waals surface area contributed by atoms with E-state index in [0.29, 0.717) is 12.0 Å². The molecule has 1 aliphatic rings. The van der Waals surface area contributed by atoms with Crippen molar-refractivity contribution < 1.29 is 0 Å². The molecule has 0 radical (unpaired) electrons. The molecule has 1 aliphatic heterocycles. The quantitative estimate of drug-likeness (QED) is 0.899. The fraction of sp³-hybridized carbons (Fsp3) is 0.667. The molecule has 1 unspecified atom stereocenters. The number of hydrogen-bond acceptors (Lipinski definition) is 3. The van der Waals surface area contributed by atoms with Crippen LogP contribution in [0.4, 0.5) is 5.82 Å². The molecule has 0 aliphatic carbocycles. The average Bonchev–Trinajstić information content (AvgIpc) is 2.80. The van der Waals surface area contributed by atoms with Crippen molar-refractivity contribution in [3.8, 4) is 0 Å². The lowest BCUT2D eigenvalue weighted by molar-refractivity contribution is 0.537. The van der Waals surface area contributed by atoms with Crippen LogP contribution in [0.3, 0.4) is 0 Å². The lowest BCUT2D eigenvalue weighted by atomic mass is 10.1. The van der Waals surface area contributed by atoms with Crippen molar-refractivity contribution in [1.29, 1.82) is 0 Å². The summed E-state index contributed by atoms with van der Waals surface area (Å²) in [6, 6.07) is 2.76. The van der Waals surface area contributed by atoms with E-state index < -0.39 is 0 Å². The molecule has 106 valence electrons. The van der Waals surface area contributed by atoms with Crippen molar-refractivity contribution >= 4 is 21.7 Å². The van der Waals surface area contributed by atoms with Crippen LogP contribution >= 0.6 is 15.9 Å². The minimum absolute atomic E-state index is 0.614. The molecule has 1 atom stereocenters. The van der Waals surface area contributed by atoms with Crippen LogP contribution in [-0.4, -0.2) is 30.7 Å². The zero-order valence-electron chi connectivity index (χ0n) is 12.1. The second-order valence-corrected chi connectivity index (χ2v) is 6.80. The molecule has 1 fully saturated rings. The molecular weight excluding hydrogens is 302 g/mol. The van der Waals surface area contributed by atoms with Gasteiger partial charge in [-0.1, -0.05) is 13.8 Å². The number of nitrogens with one attached hydrogen (secondary N) is 1. The van der Waals surface area contributed by atoms with Gasteiger partial charge in [0, 0.05) is 29.8 Å². The molecule has 19 heavy (non-hydrogen) atoms. The summed E-state index contributed by atoms with van der Waals surface area (Å²) in [6.45, 7) is 9.96. The van der Waals surface area contributed by atoms with E-state index in [1.54, 1.807) is 0 Å². The van der Waals surface area contributed by atoms with Crippen molar-refractivity contribution in [2.24, 2.45) is 5.92 Å². The summed E-state index contributed by atoms with van der Waals surface area (Å²) < 4.78 is 1.05. The summed E-state index contributed by atoms with van der Waals surface area (Å²) >= 11 is 3.49. The molecule has 2 rings (SSSR count). The summed E-state index contributed by atoms with van der Waals surface area (Å²) in [7, 11) is 0. The molecule has 0 bridgehead atoms. The molecule has 0 amide bonds. The maximum absolute atomic E-state index is 4.62. The number of anilines is 1. The Hall–Kier alpha value is -0.610. The molecule has 4 heteroatoms. The van der Waals surface area contributed by atoms with Crippen molar-refractivity contribution in [3.63, 3.8) is 0 Å². The van der Waals surface area contributed by atoms with E-state index in [-0.39, 0.29) is 0 Å². The molecule has 0 saturated carbocycles. The first-order valence-corrected chi connectivity index (χ1v) is 7.96. The highest BCUT2D eigenvalue weighted by Crippen LogP contribution is 2.22. The Kier molecular flexibility index (Phi) is 5.22. The van der Waals surface area contributed by atoms with Crippen molar-refractivity contribution in [3.05, 3.63) is 22.3 Å². The van der Waals surface area contributed by atoms with E-state index in [4.69, 9.17) is 0 Å². The van der Waals surface area contributed by atoms with E-state index >= 15 is 0 Å². The van der Waals surface area contributed by atoms with Gasteiger partial charge in [-0.3, -0.25) is 0 Å². The molecule has 0 aromatic carbocycles. The number of aryl methyl sites for hydroxylation is 1. The van der Waals surface area contributed by atoms with Crippen LogP contribution in [0.25, 0.3) is 0 Å². The van der Waals surface area contributed by atoms with Gasteiger partial charge in [0.15, 0.2) is 0 Å². The van der Waals surface area contributed by atoms with E-state index in [1.165, 1.54) is 18.4 Å². The molecule has 0 spiro atoms. The predicted octanol–water partition coefficient (Wildman–Crippen LogP) is 3.37. The first-order chi connectivity index (χ1) is 9.06. The Balaban J connectivity index is 2.15. The standard InChI is InChI=1S/C15H24BrN3/c1-11(2)9-19(10-14-5-4-6-17-14)15-12(3)7-13(16)8-18-15/h7-8,11,14,17H,4-6,9-10H2,1-3H3. The van der Waals surface area contributed by atoms with E-state index in [0.717, 1.165) is 29.9 Å². The Morgan fingerprint density at radius 3 is 2.89 bits per heavy atom. The molecule has 3 nitrogen and oxygen atoms in total. The Morgan fingerprint density at radius 1 is 1.53 bits per heavy atom. The first-order valence-electron chi connectivity index (χ1n) is 7.16. The van der Waals surface area contributed by atoms with Gasteiger partial charge in [0.25, 0.3) is 0 Å². The third-order valence-corrected chi connectivity index (χ3v) is 3.94. The van der Waals surface area contributed by atoms with Gasteiger partial charge in [-0.2, -0.15) is 0 Å².